The summed E-state index contributed by atoms with van der Waals surface area (Å²) in [5.41, 5.74) is 0. The highest BCUT2D eigenvalue weighted by atomic mass is 31.2. The predicted octanol–water partition coefficient (Wildman–Crippen LogP) is 16.1. The number of allylic oxidation sites excluding steroid dienone is 2. The van der Waals surface area contributed by atoms with E-state index in [1.165, 1.54) is 199 Å². The van der Waals surface area contributed by atoms with Crippen molar-refractivity contribution in [3.63, 3.8) is 0 Å². The van der Waals surface area contributed by atoms with Crippen molar-refractivity contribution in [2.24, 2.45) is 0 Å². The fraction of sp³-hybridized carbons (Fsp3) is 0.925. The molecule has 0 saturated heterocycles. The van der Waals surface area contributed by atoms with Crippen LogP contribution in [0.15, 0.2) is 12.2 Å². The lowest BCUT2D eigenvalue weighted by Crippen LogP contribution is -2.37. The van der Waals surface area contributed by atoms with Crippen LogP contribution in [0.4, 0.5) is 0 Å². The van der Waals surface area contributed by atoms with Gasteiger partial charge in [-0.05, 0) is 32.1 Å². The third-order valence-corrected chi connectivity index (χ3v) is 13.0. The Morgan fingerprint density at radius 1 is 0.476 bits per heavy atom. The Morgan fingerprint density at radius 2 is 0.825 bits per heavy atom. The van der Waals surface area contributed by atoms with Crippen LogP contribution in [0, 0.1) is 0 Å². The number of carbonyl (C=O) groups is 2. The molecule has 0 aromatic rings. The minimum Gasteiger partial charge on any atom is -0.462 e. The topological polar surface area (TPSA) is 108 Å². The van der Waals surface area contributed by atoms with Gasteiger partial charge in [0.2, 0.25) is 0 Å². The number of hydrogen-bond acceptors (Lipinski definition) is 7. The van der Waals surface area contributed by atoms with Crippen LogP contribution >= 0.6 is 7.82 Å². The first-order valence-corrected chi connectivity index (χ1v) is 28.4. The molecule has 0 rings (SSSR count). The molecule has 0 aromatic heterocycles. The van der Waals surface area contributed by atoms with E-state index in [0.29, 0.717) is 23.9 Å². The fourth-order valence-corrected chi connectivity index (χ4v) is 8.59. The highest BCUT2D eigenvalue weighted by Crippen LogP contribution is 2.43. The second kappa shape index (κ2) is 45.9. The van der Waals surface area contributed by atoms with Crippen molar-refractivity contribution < 1.29 is 42.1 Å². The van der Waals surface area contributed by atoms with E-state index in [1.807, 2.05) is 21.1 Å². The minimum absolute atomic E-state index is 0.0317. The molecule has 10 heteroatoms. The first-order chi connectivity index (χ1) is 30.5. The molecule has 0 bridgehead atoms. The third kappa shape index (κ3) is 50.0. The van der Waals surface area contributed by atoms with Gasteiger partial charge in [0.15, 0.2) is 6.10 Å². The number of nitrogens with zero attached hydrogens (tertiary/aromatic N) is 1. The van der Waals surface area contributed by atoms with Crippen LogP contribution in [0.1, 0.15) is 264 Å². The average molecular weight is 915 g/mol. The van der Waals surface area contributed by atoms with Gasteiger partial charge in [-0.3, -0.25) is 18.6 Å². The molecule has 0 saturated carbocycles. The number of unbranched alkanes of at least 4 members (excludes halogenated alkanes) is 34. The Kier molecular flexibility index (Phi) is 45.0. The van der Waals surface area contributed by atoms with E-state index in [2.05, 4.69) is 26.0 Å². The summed E-state index contributed by atoms with van der Waals surface area (Å²) >= 11 is 0. The van der Waals surface area contributed by atoms with Gasteiger partial charge in [-0.1, -0.05) is 231 Å². The summed E-state index contributed by atoms with van der Waals surface area (Å²) < 4.78 is 34.4. The number of ether oxygens (including phenoxy) is 2. The van der Waals surface area contributed by atoms with Crippen molar-refractivity contribution in [3.05, 3.63) is 12.2 Å². The van der Waals surface area contributed by atoms with Gasteiger partial charge in [0.1, 0.15) is 19.8 Å². The molecule has 374 valence electrons. The molecule has 63 heavy (non-hydrogen) atoms. The zero-order chi connectivity index (χ0) is 46.4. The Labute approximate surface area is 390 Å². The normalized spacial score (nSPS) is 13.4. The van der Waals surface area contributed by atoms with Crippen molar-refractivity contribution in [2.45, 2.75) is 270 Å². The van der Waals surface area contributed by atoms with Crippen LogP contribution < -0.4 is 0 Å². The highest BCUT2D eigenvalue weighted by Gasteiger charge is 2.27. The highest BCUT2D eigenvalue weighted by molar-refractivity contribution is 7.47. The van der Waals surface area contributed by atoms with Crippen molar-refractivity contribution in [1.29, 1.82) is 0 Å². The van der Waals surface area contributed by atoms with Crippen molar-refractivity contribution in [2.75, 3.05) is 47.5 Å². The van der Waals surface area contributed by atoms with Gasteiger partial charge in [-0.15, -0.1) is 0 Å². The number of carbonyl (C=O) groups excluding carboxylic acids is 2. The Morgan fingerprint density at radius 3 is 1.22 bits per heavy atom. The van der Waals surface area contributed by atoms with Gasteiger partial charge in [0.25, 0.3) is 0 Å². The summed E-state index contributed by atoms with van der Waals surface area (Å²) in [6.07, 6.45) is 51.4. The first kappa shape index (κ1) is 61.8. The molecule has 0 heterocycles. The fourth-order valence-electron chi connectivity index (χ4n) is 7.84. The van der Waals surface area contributed by atoms with Crippen LogP contribution in [0.2, 0.25) is 0 Å². The smallest absolute Gasteiger partial charge is 0.462 e. The van der Waals surface area contributed by atoms with E-state index in [9.17, 15) is 19.0 Å². The molecule has 0 aromatic carbocycles. The van der Waals surface area contributed by atoms with Gasteiger partial charge >= 0.3 is 19.8 Å². The monoisotopic (exact) mass is 915 g/mol. The van der Waals surface area contributed by atoms with E-state index in [4.69, 9.17) is 18.5 Å². The first-order valence-electron chi connectivity index (χ1n) is 26.9. The standard InChI is InChI=1S/C53H104NO8P/c1-6-8-10-12-14-16-18-20-22-24-25-26-27-28-29-30-32-33-35-37-39-41-43-45-52(55)59-49-51(50-61-63(57,58)60-48-47-54(3,4)5)62-53(56)46-44-42-40-38-36-34-31-23-21-19-17-15-13-11-9-7-2/h37,39,51H,6-36,38,40-50H2,1-5H3/p+1/b39-37+/t51-/m0/s1. The van der Waals surface area contributed by atoms with Crippen molar-refractivity contribution in [3.8, 4) is 0 Å². The maximum absolute atomic E-state index is 12.7. The van der Waals surface area contributed by atoms with E-state index in [1.54, 1.807) is 0 Å². The van der Waals surface area contributed by atoms with Crippen molar-refractivity contribution >= 4 is 19.8 Å². The van der Waals surface area contributed by atoms with Gasteiger partial charge in [0.05, 0.1) is 27.7 Å². The molecule has 9 nitrogen and oxygen atoms in total. The molecule has 0 amide bonds. The maximum Gasteiger partial charge on any atom is 0.472 e. The molecule has 1 N–H and O–H groups in total. The summed E-state index contributed by atoms with van der Waals surface area (Å²) in [5.74, 6) is -0.819. The molecule has 0 spiro atoms. The number of esters is 2. The van der Waals surface area contributed by atoms with E-state index >= 15 is 0 Å². The number of rotatable bonds is 50. The van der Waals surface area contributed by atoms with Crippen LogP contribution in [0.5, 0.6) is 0 Å². The summed E-state index contributed by atoms with van der Waals surface area (Å²) in [7, 11) is 1.48. The van der Waals surface area contributed by atoms with Crippen LogP contribution in [-0.2, 0) is 32.7 Å². The molecule has 2 atom stereocenters. The largest absolute Gasteiger partial charge is 0.472 e. The SMILES string of the molecule is CCCCCCCCCCCCCCCCCCCC/C=C/CCCC(=O)OC[C@@H](COP(=O)(O)OCC[N+](C)(C)C)OC(=O)CCCCCCCCCCCCCCCCCC. The Hall–Kier alpha value is -1.25. The van der Waals surface area contributed by atoms with Crippen LogP contribution in [0.3, 0.4) is 0 Å². The lowest BCUT2D eigenvalue weighted by molar-refractivity contribution is -0.870. The summed E-state index contributed by atoms with van der Waals surface area (Å²) in [6, 6.07) is 0. The zero-order valence-electron chi connectivity index (χ0n) is 42.3. The molecule has 0 aliphatic heterocycles. The van der Waals surface area contributed by atoms with E-state index in [0.717, 1.165) is 25.7 Å². The maximum atomic E-state index is 12.7. The van der Waals surface area contributed by atoms with Gasteiger partial charge < -0.3 is 18.9 Å². The lowest BCUT2D eigenvalue weighted by atomic mass is 10.0. The van der Waals surface area contributed by atoms with Gasteiger partial charge in [-0.25, -0.2) is 4.57 Å². The van der Waals surface area contributed by atoms with E-state index < -0.39 is 32.5 Å². The Balaban J connectivity index is 4.18. The minimum atomic E-state index is -4.38. The molecule has 0 aliphatic carbocycles. The molecule has 0 radical (unpaired) electrons. The molecular weight excluding hydrogens is 810 g/mol. The lowest BCUT2D eigenvalue weighted by Gasteiger charge is -2.24. The van der Waals surface area contributed by atoms with Gasteiger partial charge in [-0.2, -0.15) is 0 Å². The Bertz CT molecular complexity index is 1080. The number of likely N-dealkylation sites (N-methyl/N-ethyl adjacent to an activating group) is 1. The van der Waals surface area contributed by atoms with E-state index in [-0.39, 0.29) is 26.1 Å². The van der Waals surface area contributed by atoms with Gasteiger partial charge in [0, 0.05) is 12.8 Å². The second-order valence-electron chi connectivity index (χ2n) is 19.6. The zero-order valence-corrected chi connectivity index (χ0v) is 43.2. The number of phosphoric ester groups is 1. The third-order valence-electron chi connectivity index (χ3n) is 12.0. The summed E-state index contributed by atoms with van der Waals surface area (Å²) in [6.45, 7) is 4.45. The van der Waals surface area contributed by atoms with Crippen LogP contribution in [-0.4, -0.2) is 74.9 Å². The number of hydrogen-bond donors (Lipinski definition) is 1. The number of quaternary nitrogens is 1. The average Bonchev–Trinajstić information content (AvgIpc) is 3.24. The quantitative estimate of drug-likeness (QED) is 0.0211. The summed E-state index contributed by atoms with van der Waals surface area (Å²) in [5, 5.41) is 0. The number of phosphoric acid groups is 1. The van der Waals surface area contributed by atoms with Crippen LogP contribution in [0.25, 0.3) is 0 Å². The van der Waals surface area contributed by atoms with Crippen molar-refractivity contribution in [1.82, 2.24) is 0 Å². The second-order valence-corrected chi connectivity index (χ2v) is 21.1. The molecular formula is C53H105NO8P+. The molecule has 0 aliphatic rings. The predicted molar refractivity (Wildman–Crippen MR) is 266 cm³/mol. The molecule has 0 fully saturated rings. The summed E-state index contributed by atoms with van der Waals surface area (Å²) in [4.78, 5) is 35.5. The molecule has 1 unspecified atom stereocenters.